The van der Waals surface area contributed by atoms with Crippen molar-refractivity contribution < 1.29 is 18.0 Å². The van der Waals surface area contributed by atoms with E-state index in [1.54, 1.807) is 18.3 Å². The first-order valence-corrected chi connectivity index (χ1v) is 12.6. The van der Waals surface area contributed by atoms with Gasteiger partial charge in [-0.3, -0.25) is 4.79 Å². The molecule has 0 spiro atoms. The summed E-state index contributed by atoms with van der Waals surface area (Å²) in [5.74, 6) is 2.57. The molecule has 1 aliphatic heterocycles. The second-order valence-electron chi connectivity index (χ2n) is 9.80. The van der Waals surface area contributed by atoms with Gasteiger partial charge in [0.05, 0.1) is 23.8 Å². The fraction of sp³-hybridized carbons (Fsp3) is 0.440. The molecule has 1 N–H and O–H groups in total. The van der Waals surface area contributed by atoms with Crippen LogP contribution in [0.5, 0.6) is 0 Å². The fourth-order valence-electron chi connectivity index (χ4n) is 5.43. The number of nitrogens with one attached hydrogen (secondary N) is 1. The van der Waals surface area contributed by atoms with Crippen LogP contribution in [-0.4, -0.2) is 57.9 Å². The molecule has 4 heterocycles. The zero-order valence-corrected chi connectivity index (χ0v) is 20.7. The molecular weight excluding hydrogens is 499 g/mol. The summed E-state index contributed by atoms with van der Waals surface area (Å²) in [6, 6.07) is 5.68. The highest BCUT2D eigenvalue weighted by atomic mass is 19.4. The van der Waals surface area contributed by atoms with Crippen molar-refractivity contribution in [2.75, 3.05) is 11.9 Å². The summed E-state index contributed by atoms with van der Waals surface area (Å²) in [5.41, 5.74) is -0.420. The van der Waals surface area contributed by atoms with E-state index in [-0.39, 0.29) is 23.3 Å². The summed E-state index contributed by atoms with van der Waals surface area (Å²) >= 11 is 0. The second-order valence-corrected chi connectivity index (χ2v) is 9.80. The largest absolute Gasteiger partial charge is 0.417 e. The second kappa shape index (κ2) is 9.37. The third kappa shape index (κ3) is 4.45. The van der Waals surface area contributed by atoms with E-state index in [0.29, 0.717) is 36.9 Å². The molecule has 13 heteroatoms. The molecule has 10 nitrogen and oxygen atoms in total. The Morgan fingerprint density at radius 2 is 1.89 bits per heavy atom. The Morgan fingerprint density at radius 1 is 1.08 bits per heavy atom. The number of rotatable bonds is 4. The number of hydrogen-bond donors (Lipinski definition) is 1. The lowest BCUT2D eigenvalue weighted by Gasteiger charge is -2.34. The monoisotopic (exact) mass is 525 g/mol. The zero-order valence-electron chi connectivity index (χ0n) is 20.7. The predicted octanol–water partition coefficient (Wildman–Crippen LogP) is 3.75. The molecule has 1 fully saturated rings. The molecule has 1 aromatic carbocycles. The van der Waals surface area contributed by atoms with Gasteiger partial charge in [0.2, 0.25) is 11.9 Å². The Bertz CT molecular complexity index is 1490. The molecule has 1 aliphatic carbocycles. The molecule has 38 heavy (non-hydrogen) atoms. The minimum absolute atomic E-state index is 0.0141. The molecule has 2 aliphatic rings. The fourth-order valence-corrected chi connectivity index (χ4v) is 5.43. The number of aryl methyl sites for hydroxylation is 1. The zero-order chi connectivity index (χ0) is 26.4. The first-order valence-electron chi connectivity index (χ1n) is 12.6. The lowest BCUT2D eigenvalue weighted by atomic mass is 9.85. The number of hydrogen-bond acceptors (Lipinski definition) is 7. The SMILES string of the molecule is Cc1nnc2n1CCN(C(=O)[C@H]1CC[C@H](Nc3nccc(-n4ncc5c(C(F)(F)F)cccc54)n3)CC1)C2. The van der Waals surface area contributed by atoms with Crippen molar-refractivity contribution in [1.82, 2.24) is 39.4 Å². The molecule has 1 saturated carbocycles. The van der Waals surface area contributed by atoms with E-state index in [0.717, 1.165) is 43.4 Å². The van der Waals surface area contributed by atoms with Crippen LogP contribution in [-0.2, 0) is 24.1 Å². The van der Waals surface area contributed by atoms with Crippen LogP contribution in [0, 0.1) is 12.8 Å². The van der Waals surface area contributed by atoms with Gasteiger partial charge in [-0.2, -0.15) is 23.3 Å². The quantitative estimate of drug-likeness (QED) is 0.433. The van der Waals surface area contributed by atoms with E-state index < -0.39 is 11.7 Å². The Kier molecular flexibility index (Phi) is 6.00. The lowest BCUT2D eigenvalue weighted by Crippen LogP contribution is -2.43. The van der Waals surface area contributed by atoms with Crippen molar-refractivity contribution in [2.45, 2.75) is 57.9 Å². The van der Waals surface area contributed by atoms with Crippen LogP contribution >= 0.6 is 0 Å². The van der Waals surface area contributed by atoms with E-state index in [1.807, 2.05) is 11.8 Å². The molecule has 0 unspecified atom stereocenters. The van der Waals surface area contributed by atoms with Crippen LogP contribution in [0.3, 0.4) is 0 Å². The first kappa shape index (κ1) is 24.3. The van der Waals surface area contributed by atoms with Gasteiger partial charge in [-0.15, -0.1) is 10.2 Å². The average molecular weight is 526 g/mol. The molecule has 0 atom stereocenters. The Hall–Kier alpha value is -4.03. The summed E-state index contributed by atoms with van der Waals surface area (Å²) < 4.78 is 43.6. The standard InChI is InChI=1S/C25H26F3N9O/c1-15-33-34-22-14-35(11-12-36(15)22)23(38)16-5-7-17(8-6-16)31-24-29-10-9-21(32-24)37-20-4-2-3-19(25(26,27)28)18(20)13-30-37/h2-4,9-10,13,16-17H,5-8,11-12,14H2,1H3,(H,29,31,32)/t16-,17-. The third-order valence-corrected chi connectivity index (χ3v) is 7.44. The van der Waals surface area contributed by atoms with E-state index in [2.05, 4.69) is 35.1 Å². The van der Waals surface area contributed by atoms with Crippen LogP contribution in [0.4, 0.5) is 19.1 Å². The topological polar surface area (TPSA) is 107 Å². The smallest absolute Gasteiger partial charge is 0.351 e. The van der Waals surface area contributed by atoms with Crippen LogP contribution in [0.1, 0.15) is 42.9 Å². The molecule has 0 bridgehead atoms. The van der Waals surface area contributed by atoms with Crippen molar-refractivity contribution >= 4 is 22.8 Å². The maximum Gasteiger partial charge on any atom is 0.417 e. The van der Waals surface area contributed by atoms with Crippen molar-refractivity contribution in [1.29, 1.82) is 0 Å². The molecule has 198 valence electrons. The van der Waals surface area contributed by atoms with Gasteiger partial charge in [-0.1, -0.05) is 6.07 Å². The number of fused-ring (bicyclic) bond motifs is 2. The summed E-state index contributed by atoms with van der Waals surface area (Å²) in [6.07, 6.45) is 1.36. The third-order valence-electron chi connectivity index (χ3n) is 7.44. The van der Waals surface area contributed by atoms with E-state index in [4.69, 9.17) is 0 Å². The summed E-state index contributed by atoms with van der Waals surface area (Å²) in [4.78, 5) is 23.8. The van der Waals surface area contributed by atoms with Gasteiger partial charge in [0.25, 0.3) is 0 Å². The van der Waals surface area contributed by atoms with Gasteiger partial charge in [-0.05, 0) is 44.7 Å². The van der Waals surface area contributed by atoms with Gasteiger partial charge in [0.1, 0.15) is 5.82 Å². The van der Waals surface area contributed by atoms with E-state index in [1.165, 1.54) is 16.9 Å². The number of anilines is 1. The summed E-state index contributed by atoms with van der Waals surface area (Å²) in [6.45, 7) is 3.79. The highest BCUT2D eigenvalue weighted by molar-refractivity contribution is 5.84. The lowest BCUT2D eigenvalue weighted by molar-refractivity contribution is -0.138. The highest BCUT2D eigenvalue weighted by Crippen LogP contribution is 2.35. The minimum atomic E-state index is -4.47. The number of amides is 1. The Balaban J connectivity index is 1.10. The van der Waals surface area contributed by atoms with Crippen molar-refractivity contribution in [3.8, 4) is 5.82 Å². The number of nitrogens with zero attached hydrogens (tertiary/aromatic N) is 8. The van der Waals surface area contributed by atoms with Crippen LogP contribution in [0.2, 0.25) is 0 Å². The van der Waals surface area contributed by atoms with E-state index >= 15 is 0 Å². The van der Waals surface area contributed by atoms with Crippen LogP contribution in [0.15, 0.2) is 36.7 Å². The predicted molar refractivity (Wildman–Crippen MR) is 131 cm³/mol. The summed E-state index contributed by atoms with van der Waals surface area (Å²) in [5, 5.41) is 15.8. The number of halogens is 3. The van der Waals surface area contributed by atoms with Gasteiger partial charge in [0, 0.05) is 42.7 Å². The number of benzene rings is 1. The first-order chi connectivity index (χ1) is 18.3. The molecule has 0 radical (unpaired) electrons. The van der Waals surface area contributed by atoms with Crippen LogP contribution in [0.25, 0.3) is 16.7 Å². The molecular formula is C25H26F3N9O. The van der Waals surface area contributed by atoms with Crippen molar-refractivity contribution in [2.24, 2.45) is 5.92 Å². The molecule has 6 rings (SSSR count). The van der Waals surface area contributed by atoms with Gasteiger partial charge in [0.15, 0.2) is 11.6 Å². The maximum atomic E-state index is 13.4. The van der Waals surface area contributed by atoms with Crippen LogP contribution < -0.4 is 5.32 Å². The van der Waals surface area contributed by atoms with E-state index in [9.17, 15) is 18.0 Å². The molecule has 4 aromatic rings. The maximum absolute atomic E-state index is 13.4. The number of alkyl halides is 3. The number of carbonyl (C=O) groups excluding carboxylic acids is 1. The Morgan fingerprint density at radius 3 is 2.68 bits per heavy atom. The minimum Gasteiger partial charge on any atom is -0.351 e. The number of carbonyl (C=O) groups is 1. The van der Waals surface area contributed by atoms with Gasteiger partial charge >= 0.3 is 6.18 Å². The molecule has 3 aromatic heterocycles. The highest BCUT2D eigenvalue weighted by Gasteiger charge is 2.34. The molecule has 0 saturated heterocycles. The summed E-state index contributed by atoms with van der Waals surface area (Å²) in [7, 11) is 0. The van der Waals surface area contributed by atoms with Gasteiger partial charge in [-0.25, -0.2) is 9.67 Å². The van der Waals surface area contributed by atoms with Crippen molar-refractivity contribution in [3.63, 3.8) is 0 Å². The number of aromatic nitrogens is 7. The normalized spacial score (nSPS) is 19.9. The molecule has 1 amide bonds. The average Bonchev–Trinajstić information content (AvgIpc) is 3.51. The van der Waals surface area contributed by atoms with Crippen molar-refractivity contribution in [3.05, 3.63) is 53.9 Å². The Labute approximate surface area is 215 Å². The van der Waals surface area contributed by atoms with Gasteiger partial charge < -0.3 is 14.8 Å².